The van der Waals surface area contributed by atoms with Crippen molar-refractivity contribution < 1.29 is 13.5 Å². The third-order valence-corrected chi connectivity index (χ3v) is 3.59. The number of halogens is 2. The molecule has 0 aromatic heterocycles. The summed E-state index contributed by atoms with van der Waals surface area (Å²) in [6.07, 6.45) is 3.20. The fraction of sp³-hybridized carbons (Fsp3) is 0.600. The van der Waals surface area contributed by atoms with Crippen LogP contribution in [0.15, 0.2) is 12.1 Å². The number of hydrogen-bond acceptors (Lipinski definition) is 3. The summed E-state index contributed by atoms with van der Waals surface area (Å²) in [6, 6.07) is 2.76. The van der Waals surface area contributed by atoms with Crippen LogP contribution in [-0.2, 0) is 11.3 Å². The summed E-state index contributed by atoms with van der Waals surface area (Å²) < 4.78 is 33.8. The highest BCUT2D eigenvalue weighted by molar-refractivity contribution is 5.50. The Labute approximate surface area is 118 Å². The fourth-order valence-corrected chi connectivity index (χ4v) is 2.64. The number of nitrogens with zero attached hydrogens (tertiary/aromatic N) is 1. The molecule has 1 N–H and O–H groups in total. The second kappa shape index (κ2) is 6.99. The third-order valence-electron chi connectivity index (χ3n) is 3.59. The first-order valence-electron chi connectivity index (χ1n) is 7.07. The molecule has 0 saturated carbocycles. The third kappa shape index (κ3) is 3.67. The van der Waals surface area contributed by atoms with E-state index in [1.165, 1.54) is 12.1 Å². The van der Waals surface area contributed by atoms with E-state index in [-0.39, 0.29) is 11.8 Å². The molecule has 1 aromatic rings. The Morgan fingerprint density at radius 2 is 2.00 bits per heavy atom. The van der Waals surface area contributed by atoms with Gasteiger partial charge in [-0.2, -0.15) is 0 Å². The molecule has 1 aromatic carbocycles. The van der Waals surface area contributed by atoms with Crippen molar-refractivity contribution in [2.45, 2.75) is 31.9 Å². The lowest BCUT2D eigenvalue weighted by molar-refractivity contribution is 0.0215. The second-order valence-electron chi connectivity index (χ2n) is 5.31. The van der Waals surface area contributed by atoms with E-state index in [2.05, 4.69) is 5.32 Å². The highest BCUT2D eigenvalue weighted by atomic mass is 19.1. The van der Waals surface area contributed by atoms with Crippen LogP contribution in [0.1, 0.15) is 24.8 Å². The standard InChI is InChI=1S/C15H22F2N2O/c1-18-9-11-7-13(16)15(14(17)8-11)19(2)10-12-5-3-4-6-20-12/h7-8,12,18H,3-6,9-10H2,1-2H3. The van der Waals surface area contributed by atoms with Crippen LogP contribution in [0.4, 0.5) is 14.5 Å². The fourth-order valence-electron chi connectivity index (χ4n) is 2.64. The number of ether oxygens (including phenoxy) is 1. The van der Waals surface area contributed by atoms with Gasteiger partial charge in [-0.25, -0.2) is 8.78 Å². The summed E-state index contributed by atoms with van der Waals surface area (Å²) >= 11 is 0. The largest absolute Gasteiger partial charge is 0.376 e. The average Bonchev–Trinajstić information content (AvgIpc) is 2.39. The molecule has 0 amide bonds. The van der Waals surface area contributed by atoms with Gasteiger partial charge in [0.25, 0.3) is 0 Å². The van der Waals surface area contributed by atoms with Crippen molar-refractivity contribution in [3.8, 4) is 0 Å². The van der Waals surface area contributed by atoms with Gasteiger partial charge >= 0.3 is 0 Å². The highest BCUT2D eigenvalue weighted by Crippen LogP contribution is 2.25. The number of hydrogen-bond donors (Lipinski definition) is 1. The van der Waals surface area contributed by atoms with Crippen molar-refractivity contribution >= 4 is 5.69 Å². The molecule has 0 bridgehead atoms. The van der Waals surface area contributed by atoms with Crippen molar-refractivity contribution in [2.24, 2.45) is 0 Å². The Kier molecular flexibility index (Phi) is 5.31. The summed E-state index contributed by atoms with van der Waals surface area (Å²) in [5, 5.41) is 2.89. The molecule has 0 radical (unpaired) electrons. The first-order valence-corrected chi connectivity index (χ1v) is 7.07. The summed E-state index contributed by atoms with van der Waals surface area (Å²) in [4.78, 5) is 1.61. The summed E-state index contributed by atoms with van der Waals surface area (Å²) in [6.45, 7) is 1.70. The van der Waals surface area contributed by atoms with Crippen molar-refractivity contribution in [3.05, 3.63) is 29.3 Å². The minimum atomic E-state index is -0.520. The van der Waals surface area contributed by atoms with E-state index < -0.39 is 11.6 Å². The Hall–Kier alpha value is -1.20. The molecule has 20 heavy (non-hydrogen) atoms. The normalized spacial score (nSPS) is 19.1. The maximum atomic E-state index is 14.1. The molecule has 1 aliphatic rings. The van der Waals surface area contributed by atoms with Gasteiger partial charge in [-0.05, 0) is 44.0 Å². The van der Waals surface area contributed by atoms with E-state index in [1.807, 2.05) is 0 Å². The first kappa shape index (κ1) is 15.2. The van der Waals surface area contributed by atoms with Crippen LogP contribution in [0, 0.1) is 11.6 Å². The number of benzene rings is 1. The lowest BCUT2D eigenvalue weighted by Crippen LogP contribution is -2.34. The lowest BCUT2D eigenvalue weighted by Gasteiger charge is -2.29. The van der Waals surface area contributed by atoms with Gasteiger partial charge in [0, 0.05) is 26.7 Å². The van der Waals surface area contributed by atoms with E-state index in [0.29, 0.717) is 18.7 Å². The molecule has 1 fully saturated rings. The molecule has 112 valence electrons. The van der Waals surface area contributed by atoms with E-state index in [9.17, 15) is 8.78 Å². The second-order valence-corrected chi connectivity index (χ2v) is 5.31. The van der Waals surface area contributed by atoms with Crippen molar-refractivity contribution in [1.82, 2.24) is 5.32 Å². The molecular weight excluding hydrogens is 262 g/mol. The molecule has 2 rings (SSSR count). The van der Waals surface area contributed by atoms with Crippen LogP contribution in [0.25, 0.3) is 0 Å². The van der Waals surface area contributed by atoms with Crippen molar-refractivity contribution in [3.63, 3.8) is 0 Å². The van der Waals surface area contributed by atoms with E-state index in [0.717, 1.165) is 25.9 Å². The molecule has 3 nitrogen and oxygen atoms in total. The van der Waals surface area contributed by atoms with Gasteiger partial charge in [0.05, 0.1) is 6.10 Å². The van der Waals surface area contributed by atoms with Crippen LogP contribution in [0.5, 0.6) is 0 Å². The Morgan fingerprint density at radius 3 is 2.55 bits per heavy atom. The van der Waals surface area contributed by atoms with E-state index in [4.69, 9.17) is 4.74 Å². The number of likely N-dealkylation sites (N-methyl/N-ethyl adjacent to an activating group) is 1. The van der Waals surface area contributed by atoms with Crippen LogP contribution in [-0.4, -0.2) is 33.4 Å². The number of nitrogens with one attached hydrogen (secondary N) is 1. The van der Waals surface area contributed by atoms with Gasteiger partial charge in [-0.15, -0.1) is 0 Å². The minimum absolute atomic E-state index is 0.0269. The van der Waals surface area contributed by atoms with Crippen LogP contribution >= 0.6 is 0 Å². The topological polar surface area (TPSA) is 24.5 Å². The average molecular weight is 284 g/mol. The zero-order chi connectivity index (χ0) is 14.5. The summed E-state index contributed by atoms with van der Waals surface area (Å²) in [5.74, 6) is -1.04. The van der Waals surface area contributed by atoms with Gasteiger partial charge in [0.15, 0.2) is 0 Å². The molecule has 0 aliphatic carbocycles. The summed E-state index contributed by atoms with van der Waals surface area (Å²) in [7, 11) is 3.45. The van der Waals surface area contributed by atoms with Gasteiger partial charge in [0.2, 0.25) is 0 Å². The lowest BCUT2D eigenvalue weighted by atomic mass is 10.1. The van der Waals surface area contributed by atoms with Crippen molar-refractivity contribution in [1.29, 1.82) is 0 Å². The highest BCUT2D eigenvalue weighted by Gasteiger charge is 2.20. The molecule has 1 aliphatic heterocycles. The number of rotatable bonds is 5. The van der Waals surface area contributed by atoms with Gasteiger partial charge < -0.3 is 15.0 Å². The maximum absolute atomic E-state index is 14.1. The van der Waals surface area contributed by atoms with Crippen LogP contribution in [0.2, 0.25) is 0 Å². The molecule has 1 saturated heterocycles. The molecule has 1 atom stereocenters. The van der Waals surface area contributed by atoms with Crippen LogP contribution in [0.3, 0.4) is 0 Å². The van der Waals surface area contributed by atoms with Crippen LogP contribution < -0.4 is 10.2 Å². The van der Waals surface area contributed by atoms with E-state index in [1.54, 1.807) is 19.0 Å². The SMILES string of the molecule is CNCc1cc(F)c(N(C)CC2CCCCO2)c(F)c1. The smallest absolute Gasteiger partial charge is 0.149 e. The molecular formula is C15H22F2N2O. The monoisotopic (exact) mass is 284 g/mol. The Morgan fingerprint density at radius 1 is 1.30 bits per heavy atom. The van der Waals surface area contributed by atoms with Gasteiger partial charge in [0.1, 0.15) is 17.3 Å². The predicted octanol–water partition coefficient (Wildman–Crippen LogP) is 2.69. The molecule has 1 unspecified atom stereocenters. The quantitative estimate of drug-likeness (QED) is 0.899. The predicted molar refractivity (Wildman–Crippen MR) is 76.0 cm³/mol. The zero-order valence-electron chi connectivity index (χ0n) is 12.1. The zero-order valence-corrected chi connectivity index (χ0v) is 12.1. The Bertz CT molecular complexity index is 424. The molecule has 1 heterocycles. The summed E-state index contributed by atoms with van der Waals surface area (Å²) in [5.41, 5.74) is 0.632. The van der Waals surface area contributed by atoms with Gasteiger partial charge in [-0.3, -0.25) is 0 Å². The minimum Gasteiger partial charge on any atom is -0.376 e. The van der Waals surface area contributed by atoms with Crippen molar-refractivity contribution in [2.75, 3.05) is 32.1 Å². The number of anilines is 1. The first-order chi connectivity index (χ1) is 9.61. The molecule has 5 heteroatoms. The maximum Gasteiger partial charge on any atom is 0.149 e. The Balaban J connectivity index is 2.10. The van der Waals surface area contributed by atoms with Gasteiger partial charge in [-0.1, -0.05) is 0 Å². The molecule has 0 spiro atoms. The van der Waals surface area contributed by atoms with E-state index >= 15 is 0 Å².